The van der Waals surface area contributed by atoms with E-state index in [9.17, 15) is 28.9 Å². The zero-order chi connectivity index (χ0) is 20.3. The minimum Gasteiger partial charge on any atom is -0.288 e. The van der Waals surface area contributed by atoms with E-state index in [4.69, 9.17) is 0 Å². The molecular formula is C20H8F2N2O2S2. The molecule has 4 nitrogen and oxygen atoms in total. The van der Waals surface area contributed by atoms with E-state index in [0.717, 1.165) is 46.9 Å². The molecule has 0 unspecified atom stereocenters. The van der Waals surface area contributed by atoms with Gasteiger partial charge >= 0.3 is 0 Å². The number of hydrogen-bond donors (Lipinski definition) is 0. The van der Waals surface area contributed by atoms with Crippen LogP contribution in [0.2, 0.25) is 0 Å². The molecular weight excluding hydrogens is 402 g/mol. The van der Waals surface area contributed by atoms with Crippen LogP contribution in [0.5, 0.6) is 0 Å². The highest BCUT2D eigenvalue weighted by Gasteiger charge is 2.19. The Labute approximate surface area is 165 Å². The molecule has 0 N–H and O–H groups in total. The zero-order valence-electron chi connectivity index (χ0n) is 13.9. The van der Waals surface area contributed by atoms with Crippen molar-refractivity contribution in [2.75, 3.05) is 0 Å². The predicted octanol–water partition coefficient (Wildman–Crippen LogP) is 3.20. The van der Waals surface area contributed by atoms with Gasteiger partial charge in [0.1, 0.15) is 42.6 Å². The van der Waals surface area contributed by atoms with Gasteiger partial charge in [0.15, 0.2) is 0 Å². The normalized spacial score (nSPS) is 10.0. The third-order valence-electron chi connectivity index (χ3n) is 3.67. The molecule has 3 rings (SSSR count). The van der Waals surface area contributed by atoms with Gasteiger partial charge < -0.3 is 0 Å². The van der Waals surface area contributed by atoms with Crippen LogP contribution >= 0.6 is 22.7 Å². The molecule has 0 spiro atoms. The molecule has 0 bridgehead atoms. The van der Waals surface area contributed by atoms with Gasteiger partial charge in [-0.2, -0.15) is 10.5 Å². The van der Waals surface area contributed by atoms with E-state index in [1.54, 1.807) is 0 Å². The van der Waals surface area contributed by atoms with Crippen LogP contribution in [0.1, 0.15) is 20.7 Å². The molecule has 0 radical (unpaired) electrons. The van der Waals surface area contributed by atoms with Crippen molar-refractivity contribution in [3.05, 3.63) is 79.0 Å². The van der Waals surface area contributed by atoms with E-state index in [-0.39, 0.29) is 22.3 Å². The summed E-state index contributed by atoms with van der Waals surface area (Å²) >= 11 is 1.96. The maximum Gasteiger partial charge on any atom is 0.205 e. The molecule has 3 aromatic rings. The third-order valence-corrected chi connectivity index (χ3v) is 6.23. The van der Waals surface area contributed by atoms with Crippen molar-refractivity contribution >= 4 is 45.4 Å². The maximum atomic E-state index is 13.0. The summed E-state index contributed by atoms with van der Waals surface area (Å²) in [5.74, 6) is -2.14. The third kappa shape index (κ3) is 3.79. The fourth-order valence-corrected chi connectivity index (χ4v) is 4.31. The van der Waals surface area contributed by atoms with Gasteiger partial charge in [-0.3, -0.25) is 9.59 Å². The summed E-state index contributed by atoms with van der Waals surface area (Å²) in [7, 11) is 0. The Balaban J connectivity index is 2.02. The van der Waals surface area contributed by atoms with E-state index in [2.05, 4.69) is 0 Å². The first-order chi connectivity index (χ1) is 13.4. The number of Topliss-reactive ketones (excluding diaryl/α,β-unsaturated/α-hetero) is 2. The summed E-state index contributed by atoms with van der Waals surface area (Å²) in [5.41, 5.74) is 0.0349. The molecule has 1 heterocycles. The van der Waals surface area contributed by atoms with Gasteiger partial charge in [0.2, 0.25) is 11.6 Å². The molecule has 0 saturated heterocycles. The zero-order valence-corrected chi connectivity index (χ0v) is 15.5. The summed E-state index contributed by atoms with van der Waals surface area (Å²) in [4.78, 5) is 24.9. The number of benzene rings is 2. The highest BCUT2D eigenvalue weighted by molar-refractivity contribution is 7.36. The van der Waals surface area contributed by atoms with Crippen LogP contribution in [0.3, 0.4) is 0 Å². The second-order valence-corrected chi connectivity index (χ2v) is 7.98. The van der Waals surface area contributed by atoms with E-state index in [0.29, 0.717) is 7.69 Å². The lowest BCUT2D eigenvalue weighted by Crippen LogP contribution is -2.21. The van der Waals surface area contributed by atoms with Crippen LogP contribution in [-0.2, 0) is 0 Å². The molecule has 0 fully saturated rings. The monoisotopic (exact) mass is 410 g/mol. The standard InChI is InChI=1S/C20H8F2N2O2S2/c21-13-5-1-11(2-6-13)17(25)15(9-23)19-27-20(28-19)16(10-24)18(26)12-3-7-14(22)8-4-12/h1-8H. The second kappa shape index (κ2) is 8.05. The van der Waals surface area contributed by atoms with Crippen molar-refractivity contribution in [1.82, 2.24) is 0 Å². The molecule has 2 aromatic carbocycles. The van der Waals surface area contributed by atoms with Crippen LogP contribution in [0.25, 0.3) is 11.1 Å². The topological polar surface area (TPSA) is 81.7 Å². The Kier molecular flexibility index (Phi) is 5.55. The lowest BCUT2D eigenvalue weighted by molar-refractivity contribution is 0.105. The Bertz CT molecular complexity index is 1160. The van der Waals surface area contributed by atoms with Crippen molar-refractivity contribution in [3.63, 3.8) is 0 Å². The maximum absolute atomic E-state index is 13.0. The summed E-state index contributed by atoms with van der Waals surface area (Å²) < 4.78 is 26.7. The van der Waals surface area contributed by atoms with Crippen LogP contribution in [0, 0.1) is 34.3 Å². The quantitative estimate of drug-likeness (QED) is 0.619. The number of hydrogen-bond acceptors (Lipinski definition) is 6. The van der Waals surface area contributed by atoms with Gasteiger partial charge in [0.25, 0.3) is 0 Å². The summed E-state index contributed by atoms with van der Waals surface area (Å²) in [5, 5.41) is 18.7. The lowest BCUT2D eigenvalue weighted by Gasteiger charge is -2.03. The van der Waals surface area contributed by atoms with Crippen molar-refractivity contribution < 1.29 is 18.4 Å². The van der Waals surface area contributed by atoms with Gasteiger partial charge in [-0.05, 0) is 48.5 Å². The minimum atomic E-state index is -0.570. The number of ketones is 2. The summed E-state index contributed by atoms with van der Waals surface area (Å²) in [6.45, 7) is 0. The SMILES string of the molecule is N#CC(C(=O)c1ccc(F)cc1)=c1sc(=C(C#N)C(=O)c2ccc(F)cc2)s1. The number of halogens is 2. The van der Waals surface area contributed by atoms with Crippen LogP contribution < -0.4 is 7.69 Å². The van der Waals surface area contributed by atoms with Gasteiger partial charge in [-0.15, -0.1) is 22.7 Å². The Hall–Kier alpha value is -3.46. The number of carbonyl (C=O) groups is 2. The Morgan fingerprint density at radius 1 is 0.679 bits per heavy atom. The van der Waals surface area contributed by atoms with Crippen molar-refractivity contribution in [2.45, 2.75) is 0 Å². The van der Waals surface area contributed by atoms with E-state index >= 15 is 0 Å². The lowest BCUT2D eigenvalue weighted by atomic mass is 10.1. The average Bonchev–Trinajstić information content (AvgIpc) is 2.67. The number of rotatable bonds is 4. The number of nitriles is 2. The molecule has 0 amide bonds. The van der Waals surface area contributed by atoms with Crippen LogP contribution in [0.15, 0.2) is 48.5 Å². The van der Waals surface area contributed by atoms with E-state index < -0.39 is 23.2 Å². The first-order valence-electron chi connectivity index (χ1n) is 7.69. The molecule has 136 valence electrons. The highest BCUT2D eigenvalue weighted by atomic mass is 32.2. The van der Waals surface area contributed by atoms with E-state index in [1.807, 2.05) is 12.1 Å². The molecule has 1 aromatic heterocycles. The fraction of sp³-hybridized carbons (Fsp3) is 0. The summed E-state index contributed by atoms with van der Waals surface area (Å²) in [6, 6.07) is 13.2. The van der Waals surface area contributed by atoms with Crippen molar-refractivity contribution in [3.8, 4) is 12.1 Å². The van der Waals surface area contributed by atoms with Gasteiger partial charge in [-0.25, -0.2) is 8.78 Å². The molecule has 0 saturated carbocycles. The van der Waals surface area contributed by atoms with Crippen LogP contribution in [-0.4, -0.2) is 11.6 Å². The molecule has 0 aliphatic carbocycles. The first-order valence-corrected chi connectivity index (χ1v) is 9.33. The summed E-state index contributed by atoms with van der Waals surface area (Å²) in [6.07, 6.45) is 0. The smallest absolute Gasteiger partial charge is 0.205 e. The van der Waals surface area contributed by atoms with Crippen molar-refractivity contribution in [2.24, 2.45) is 0 Å². The molecule has 0 atom stereocenters. The number of carbonyl (C=O) groups excluding carboxylic acids is 2. The van der Waals surface area contributed by atoms with Gasteiger partial charge in [0.05, 0.1) is 0 Å². The van der Waals surface area contributed by atoms with E-state index in [1.165, 1.54) is 24.3 Å². The largest absolute Gasteiger partial charge is 0.288 e. The molecule has 8 heteroatoms. The number of nitrogens with zero attached hydrogens (tertiary/aromatic N) is 2. The fourth-order valence-electron chi connectivity index (χ4n) is 2.25. The molecule has 0 aliphatic heterocycles. The van der Waals surface area contributed by atoms with Gasteiger partial charge in [0, 0.05) is 11.1 Å². The Morgan fingerprint density at radius 3 is 1.29 bits per heavy atom. The average molecular weight is 410 g/mol. The molecule has 0 aliphatic rings. The highest BCUT2D eigenvalue weighted by Crippen LogP contribution is 2.13. The molecule has 28 heavy (non-hydrogen) atoms. The first kappa shape index (κ1) is 19.3. The Morgan fingerprint density at radius 2 is 1.00 bits per heavy atom. The van der Waals surface area contributed by atoms with Crippen molar-refractivity contribution in [1.29, 1.82) is 10.5 Å². The second-order valence-electron chi connectivity index (χ2n) is 5.42. The minimum absolute atomic E-state index is 0.142. The van der Waals surface area contributed by atoms with Gasteiger partial charge in [-0.1, -0.05) is 0 Å². The predicted molar refractivity (Wildman–Crippen MR) is 101 cm³/mol. The van der Waals surface area contributed by atoms with Crippen LogP contribution in [0.4, 0.5) is 8.78 Å².